The summed E-state index contributed by atoms with van der Waals surface area (Å²) in [6.45, 7) is 1.96. The Morgan fingerprint density at radius 3 is 2.80 bits per heavy atom. The van der Waals surface area contributed by atoms with Crippen molar-refractivity contribution in [3.63, 3.8) is 0 Å². The molecule has 104 valence electrons. The molecule has 0 atom stereocenters. The normalized spacial score (nSPS) is 10.3. The highest BCUT2D eigenvalue weighted by Gasteiger charge is 2.16. The number of para-hydroxylation sites is 1. The average molecular weight is 274 g/mol. The van der Waals surface area contributed by atoms with E-state index in [0.29, 0.717) is 11.3 Å². The van der Waals surface area contributed by atoms with Crippen LogP contribution < -0.4 is 10.9 Å². The van der Waals surface area contributed by atoms with Gasteiger partial charge in [0.05, 0.1) is 17.7 Å². The molecule has 1 aromatic carbocycles. The van der Waals surface area contributed by atoms with Gasteiger partial charge in [-0.1, -0.05) is 12.1 Å². The Kier molecular flexibility index (Phi) is 3.79. The van der Waals surface area contributed by atoms with Crippen LogP contribution in [-0.2, 0) is 6.54 Å². The molecule has 1 aromatic heterocycles. The first-order valence-electron chi connectivity index (χ1n) is 6.00. The van der Waals surface area contributed by atoms with Crippen molar-refractivity contribution in [2.75, 3.05) is 12.4 Å². The Morgan fingerprint density at radius 2 is 2.20 bits per heavy atom. The molecule has 1 heterocycles. The average Bonchev–Trinajstić information content (AvgIpc) is 2.41. The summed E-state index contributed by atoms with van der Waals surface area (Å²) in [7, 11) is 1.61. The van der Waals surface area contributed by atoms with Crippen molar-refractivity contribution in [2.45, 2.75) is 13.5 Å². The van der Waals surface area contributed by atoms with Gasteiger partial charge in [0.15, 0.2) is 0 Å². The van der Waals surface area contributed by atoms with Crippen molar-refractivity contribution in [1.82, 2.24) is 9.78 Å². The molecular formula is C13H14N4O3. The molecule has 7 nitrogen and oxygen atoms in total. The zero-order valence-electron chi connectivity index (χ0n) is 11.2. The van der Waals surface area contributed by atoms with E-state index < -0.39 is 4.92 Å². The van der Waals surface area contributed by atoms with E-state index in [1.807, 2.05) is 0 Å². The predicted molar refractivity (Wildman–Crippen MR) is 75.0 cm³/mol. The highest BCUT2D eigenvalue weighted by molar-refractivity contribution is 5.66. The number of nitrogens with zero attached hydrogens (tertiary/aromatic N) is 3. The molecule has 0 bridgehead atoms. The molecule has 0 aliphatic heterocycles. The van der Waals surface area contributed by atoms with Crippen LogP contribution in [-0.4, -0.2) is 21.8 Å². The van der Waals surface area contributed by atoms with Crippen LogP contribution in [0.25, 0.3) is 0 Å². The maximum absolute atomic E-state index is 11.8. The summed E-state index contributed by atoms with van der Waals surface area (Å²) in [6.07, 6.45) is 1.58. The topological polar surface area (TPSA) is 90.1 Å². The Morgan fingerprint density at radius 1 is 1.45 bits per heavy atom. The molecule has 0 aliphatic carbocycles. The molecular weight excluding hydrogens is 260 g/mol. The van der Waals surface area contributed by atoms with Crippen molar-refractivity contribution in [2.24, 2.45) is 0 Å². The lowest BCUT2D eigenvalue weighted by Crippen LogP contribution is -2.23. The number of benzene rings is 1. The van der Waals surface area contributed by atoms with Crippen molar-refractivity contribution < 1.29 is 4.92 Å². The second-order valence-corrected chi connectivity index (χ2v) is 4.35. The number of rotatable bonds is 4. The number of hydrogen-bond donors (Lipinski definition) is 1. The fourth-order valence-electron chi connectivity index (χ4n) is 1.96. The van der Waals surface area contributed by atoms with Gasteiger partial charge in [-0.2, -0.15) is 5.10 Å². The Hall–Kier alpha value is -2.70. The van der Waals surface area contributed by atoms with E-state index in [2.05, 4.69) is 10.4 Å². The standard InChI is InChI=1S/C13H14N4O3/c1-9-6-12(18)16(15-7-9)8-10-4-3-5-11(17(19)20)13(10)14-2/h3-7,14H,8H2,1-2H3. The molecule has 7 heteroatoms. The van der Waals surface area contributed by atoms with Crippen molar-refractivity contribution >= 4 is 11.4 Å². The number of hydrogen-bond acceptors (Lipinski definition) is 5. The fraction of sp³-hybridized carbons (Fsp3) is 0.231. The summed E-state index contributed by atoms with van der Waals surface area (Å²) >= 11 is 0. The summed E-state index contributed by atoms with van der Waals surface area (Å²) < 4.78 is 1.27. The monoisotopic (exact) mass is 274 g/mol. The molecule has 2 rings (SSSR count). The summed E-state index contributed by atoms with van der Waals surface area (Å²) in [5.41, 5.74) is 1.55. The van der Waals surface area contributed by atoms with E-state index in [9.17, 15) is 14.9 Å². The van der Waals surface area contributed by atoms with Gasteiger partial charge < -0.3 is 5.32 Å². The van der Waals surface area contributed by atoms with E-state index in [-0.39, 0.29) is 17.8 Å². The Bertz CT molecular complexity index is 709. The van der Waals surface area contributed by atoms with Crippen molar-refractivity contribution in [1.29, 1.82) is 0 Å². The zero-order valence-corrected chi connectivity index (χ0v) is 11.2. The number of aromatic nitrogens is 2. The van der Waals surface area contributed by atoms with Gasteiger partial charge in [0.25, 0.3) is 11.2 Å². The number of nitrogens with one attached hydrogen (secondary N) is 1. The van der Waals surface area contributed by atoms with Gasteiger partial charge in [-0.05, 0) is 12.5 Å². The van der Waals surface area contributed by atoms with Crippen molar-refractivity contribution in [3.05, 3.63) is 62.1 Å². The van der Waals surface area contributed by atoms with Gasteiger partial charge in [-0.3, -0.25) is 14.9 Å². The van der Waals surface area contributed by atoms with Crippen LogP contribution in [0.3, 0.4) is 0 Å². The van der Waals surface area contributed by atoms with E-state index in [0.717, 1.165) is 5.56 Å². The van der Waals surface area contributed by atoms with E-state index in [1.165, 1.54) is 16.8 Å². The van der Waals surface area contributed by atoms with Crippen LogP contribution in [0.15, 0.2) is 35.3 Å². The molecule has 0 unspecified atom stereocenters. The lowest BCUT2D eigenvalue weighted by molar-refractivity contribution is -0.384. The Balaban J connectivity index is 2.46. The lowest BCUT2D eigenvalue weighted by atomic mass is 10.1. The van der Waals surface area contributed by atoms with Gasteiger partial charge in [0.2, 0.25) is 0 Å². The molecule has 2 aromatic rings. The molecule has 0 saturated carbocycles. The van der Waals surface area contributed by atoms with Crippen LogP contribution >= 0.6 is 0 Å². The predicted octanol–water partition coefficient (Wildman–Crippen LogP) is 1.55. The second-order valence-electron chi connectivity index (χ2n) is 4.35. The minimum absolute atomic E-state index is 0.0230. The number of nitro groups is 1. The highest BCUT2D eigenvalue weighted by atomic mass is 16.6. The quantitative estimate of drug-likeness (QED) is 0.674. The first-order valence-corrected chi connectivity index (χ1v) is 6.00. The minimum Gasteiger partial charge on any atom is -0.382 e. The summed E-state index contributed by atoms with van der Waals surface area (Å²) in [5.74, 6) is 0. The molecule has 0 fully saturated rings. The summed E-state index contributed by atoms with van der Waals surface area (Å²) in [5, 5.41) is 17.8. The second kappa shape index (κ2) is 5.52. The van der Waals surface area contributed by atoms with Crippen LogP contribution in [0.5, 0.6) is 0 Å². The smallest absolute Gasteiger partial charge is 0.292 e. The van der Waals surface area contributed by atoms with Gasteiger partial charge >= 0.3 is 0 Å². The maximum Gasteiger partial charge on any atom is 0.292 e. The molecule has 0 aliphatic rings. The largest absolute Gasteiger partial charge is 0.382 e. The van der Waals surface area contributed by atoms with E-state index >= 15 is 0 Å². The van der Waals surface area contributed by atoms with Crippen molar-refractivity contribution in [3.8, 4) is 0 Å². The fourth-order valence-corrected chi connectivity index (χ4v) is 1.96. The molecule has 0 amide bonds. The minimum atomic E-state index is -0.458. The third-order valence-electron chi connectivity index (χ3n) is 2.90. The van der Waals surface area contributed by atoms with Crippen LogP contribution in [0.4, 0.5) is 11.4 Å². The SMILES string of the molecule is CNc1c(Cn2ncc(C)cc2=O)cccc1[N+](=O)[O-]. The number of nitro benzene ring substituents is 1. The third kappa shape index (κ3) is 2.66. The van der Waals surface area contributed by atoms with Crippen LogP contribution in [0, 0.1) is 17.0 Å². The molecule has 1 N–H and O–H groups in total. The Labute approximate surface area is 115 Å². The number of aryl methyl sites for hydroxylation is 1. The number of anilines is 1. The van der Waals surface area contributed by atoms with E-state index in [1.54, 1.807) is 32.3 Å². The first kappa shape index (κ1) is 13.7. The van der Waals surface area contributed by atoms with E-state index in [4.69, 9.17) is 0 Å². The molecule has 0 radical (unpaired) electrons. The molecule has 20 heavy (non-hydrogen) atoms. The van der Waals surface area contributed by atoms with Crippen LogP contribution in [0.1, 0.15) is 11.1 Å². The summed E-state index contributed by atoms with van der Waals surface area (Å²) in [4.78, 5) is 22.3. The van der Waals surface area contributed by atoms with Gasteiger partial charge in [0.1, 0.15) is 5.69 Å². The first-order chi connectivity index (χ1) is 9.52. The molecule has 0 saturated heterocycles. The van der Waals surface area contributed by atoms with Gasteiger partial charge in [0, 0.05) is 24.7 Å². The molecule has 0 spiro atoms. The third-order valence-corrected chi connectivity index (χ3v) is 2.90. The van der Waals surface area contributed by atoms with Gasteiger partial charge in [-0.25, -0.2) is 4.68 Å². The lowest BCUT2D eigenvalue weighted by Gasteiger charge is -2.10. The van der Waals surface area contributed by atoms with Gasteiger partial charge in [-0.15, -0.1) is 0 Å². The van der Waals surface area contributed by atoms with Crippen LogP contribution in [0.2, 0.25) is 0 Å². The maximum atomic E-state index is 11.8. The summed E-state index contributed by atoms with van der Waals surface area (Å²) in [6, 6.07) is 6.21. The zero-order chi connectivity index (χ0) is 14.7. The highest BCUT2D eigenvalue weighted by Crippen LogP contribution is 2.27.